The van der Waals surface area contributed by atoms with E-state index in [9.17, 15) is 14.9 Å². The van der Waals surface area contributed by atoms with Crippen molar-refractivity contribution >= 4 is 23.2 Å². The van der Waals surface area contributed by atoms with Crippen LogP contribution in [0.1, 0.15) is 19.3 Å². The number of nitro groups is 1. The smallest absolute Gasteiger partial charge is 0.354 e. The summed E-state index contributed by atoms with van der Waals surface area (Å²) in [7, 11) is 0. The summed E-state index contributed by atoms with van der Waals surface area (Å²) in [6.07, 6.45) is 4.80. The summed E-state index contributed by atoms with van der Waals surface area (Å²) in [6.45, 7) is 3.12. The number of hydrogen-bond acceptors (Lipinski definition) is 9. The lowest BCUT2D eigenvalue weighted by Gasteiger charge is -2.26. The van der Waals surface area contributed by atoms with Gasteiger partial charge in [0.25, 0.3) is 5.91 Å². The Morgan fingerprint density at radius 1 is 1.13 bits per heavy atom. The van der Waals surface area contributed by atoms with Gasteiger partial charge in [-0.1, -0.05) is 24.6 Å². The summed E-state index contributed by atoms with van der Waals surface area (Å²) in [6, 6.07) is 8.85. The van der Waals surface area contributed by atoms with Gasteiger partial charge in [0.1, 0.15) is 12.1 Å². The Labute approximate surface area is 174 Å². The van der Waals surface area contributed by atoms with Crippen molar-refractivity contribution in [2.75, 3.05) is 43.5 Å². The molecule has 0 unspecified atom stereocenters. The Morgan fingerprint density at radius 2 is 1.87 bits per heavy atom. The van der Waals surface area contributed by atoms with E-state index < -0.39 is 10.8 Å². The molecular weight excluding hydrogens is 390 g/mol. The molecular formula is C19H25N7O4. The minimum Gasteiger partial charge on any atom is -0.484 e. The number of carbonyl (C=O) groups excluding carboxylic acids is 1. The van der Waals surface area contributed by atoms with Gasteiger partial charge in [-0.05, 0) is 38.1 Å². The van der Waals surface area contributed by atoms with Gasteiger partial charge in [-0.3, -0.25) is 25.8 Å². The minimum atomic E-state index is -0.585. The molecule has 0 atom stereocenters. The normalized spacial score (nSPS) is 14.0. The van der Waals surface area contributed by atoms with E-state index in [0.717, 1.165) is 19.6 Å². The first-order valence-corrected chi connectivity index (χ1v) is 9.82. The fraction of sp³-hybridized carbons (Fsp3) is 0.421. The summed E-state index contributed by atoms with van der Waals surface area (Å²) in [5, 5.41) is 14.6. The van der Waals surface area contributed by atoms with E-state index in [4.69, 9.17) is 4.74 Å². The number of nitrogens with one attached hydrogen (secondary N) is 3. The molecule has 160 valence electrons. The number of amides is 1. The summed E-state index contributed by atoms with van der Waals surface area (Å²) < 4.78 is 5.33. The molecule has 0 saturated carbocycles. The topological polar surface area (TPSA) is 135 Å². The Kier molecular flexibility index (Phi) is 7.72. The van der Waals surface area contributed by atoms with Gasteiger partial charge in [-0.25, -0.2) is 9.97 Å². The lowest BCUT2D eigenvalue weighted by atomic mass is 10.1. The van der Waals surface area contributed by atoms with Crippen LogP contribution < -0.4 is 20.9 Å². The van der Waals surface area contributed by atoms with Crippen molar-refractivity contribution in [1.82, 2.24) is 20.3 Å². The molecule has 3 N–H and O–H groups in total. The van der Waals surface area contributed by atoms with Crippen molar-refractivity contribution in [3.63, 3.8) is 0 Å². The molecule has 0 spiro atoms. The maximum atomic E-state index is 12.0. The number of hydrazine groups is 1. The van der Waals surface area contributed by atoms with Crippen molar-refractivity contribution in [1.29, 1.82) is 0 Å². The number of carbonyl (C=O) groups is 1. The van der Waals surface area contributed by atoms with Gasteiger partial charge in [0, 0.05) is 13.1 Å². The molecule has 11 heteroatoms. The zero-order valence-electron chi connectivity index (χ0n) is 16.5. The van der Waals surface area contributed by atoms with Gasteiger partial charge in [0.05, 0.1) is 4.92 Å². The molecule has 0 radical (unpaired) electrons. The van der Waals surface area contributed by atoms with E-state index in [0.29, 0.717) is 12.3 Å². The number of ether oxygens (including phenoxy) is 1. The standard InChI is InChI=1S/C19H25N7O4/c27-16(13-30-15-7-3-1-4-8-15)23-24-19-17(26(28)29)18(21-14-22-19)20-9-12-25-10-5-2-6-11-25/h1,3-4,7-8,14H,2,5-6,9-13H2,(H,23,27)(H2,20,21,22,24). The predicted molar refractivity (Wildman–Crippen MR) is 111 cm³/mol. The zero-order chi connectivity index (χ0) is 21.2. The van der Waals surface area contributed by atoms with E-state index in [1.165, 1.54) is 25.6 Å². The van der Waals surface area contributed by atoms with Crippen molar-refractivity contribution in [3.8, 4) is 5.75 Å². The summed E-state index contributed by atoms with van der Waals surface area (Å²) in [4.78, 5) is 33.1. The third kappa shape index (κ3) is 6.27. The number of hydrogen-bond donors (Lipinski definition) is 3. The molecule has 1 aliphatic heterocycles. The van der Waals surface area contributed by atoms with Crippen LogP contribution in [0.15, 0.2) is 36.7 Å². The Balaban J connectivity index is 1.54. The zero-order valence-corrected chi connectivity index (χ0v) is 16.5. The highest BCUT2D eigenvalue weighted by Crippen LogP contribution is 2.28. The number of benzene rings is 1. The molecule has 0 bridgehead atoms. The molecule has 2 aromatic rings. The minimum absolute atomic E-state index is 0.101. The number of anilines is 2. The molecule has 30 heavy (non-hydrogen) atoms. The van der Waals surface area contributed by atoms with E-state index in [-0.39, 0.29) is 23.9 Å². The van der Waals surface area contributed by atoms with Crippen molar-refractivity contribution in [3.05, 3.63) is 46.8 Å². The molecule has 1 aromatic carbocycles. The molecule has 2 heterocycles. The van der Waals surface area contributed by atoms with Crippen LogP contribution in [-0.4, -0.2) is 58.5 Å². The van der Waals surface area contributed by atoms with Crippen LogP contribution in [0.25, 0.3) is 0 Å². The summed E-state index contributed by atoms with van der Waals surface area (Å²) in [5.41, 5.74) is 4.51. The number of rotatable bonds is 10. The van der Waals surface area contributed by atoms with Gasteiger partial charge in [0.15, 0.2) is 6.61 Å². The van der Waals surface area contributed by atoms with Crippen molar-refractivity contribution in [2.45, 2.75) is 19.3 Å². The first-order chi connectivity index (χ1) is 14.6. The average Bonchev–Trinajstić information content (AvgIpc) is 2.77. The Hall–Kier alpha value is -3.47. The van der Waals surface area contributed by atoms with Crippen LogP contribution in [0.3, 0.4) is 0 Å². The maximum Gasteiger partial charge on any atom is 0.354 e. The van der Waals surface area contributed by atoms with Gasteiger partial charge in [-0.15, -0.1) is 0 Å². The lowest BCUT2D eigenvalue weighted by Crippen LogP contribution is -2.34. The van der Waals surface area contributed by atoms with Crippen LogP contribution in [0.5, 0.6) is 5.75 Å². The monoisotopic (exact) mass is 415 g/mol. The molecule has 11 nitrogen and oxygen atoms in total. The van der Waals surface area contributed by atoms with Crippen LogP contribution in [0, 0.1) is 10.1 Å². The number of aromatic nitrogens is 2. The third-order valence-electron chi connectivity index (χ3n) is 4.61. The quantitative estimate of drug-likeness (QED) is 0.392. The van der Waals surface area contributed by atoms with Gasteiger partial charge in [-0.2, -0.15) is 0 Å². The molecule has 1 aliphatic rings. The van der Waals surface area contributed by atoms with Gasteiger partial charge < -0.3 is 15.0 Å². The average molecular weight is 415 g/mol. The predicted octanol–water partition coefficient (Wildman–Crippen LogP) is 1.80. The van der Waals surface area contributed by atoms with Crippen LogP contribution >= 0.6 is 0 Å². The fourth-order valence-electron chi connectivity index (χ4n) is 3.12. The SMILES string of the molecule is O=C(COc1ccccc1)NNc1ncnc(NCCN2CCCCC2)c1[N+](=O)[O-]. The van der Waals surface area contributed by atoms with Crippen LogP contribution in [0.2, 0.25) is 0 Å². The summed E-state index contributed by atoms with van der Waals surface area (Å²) in [5.74, 6) is 0.0278. The first kappa shape index (κ1) is 21.2. The maximum absolute atomic E-state index is 12.0. The molecule has 1 amide bonds. The van der Waals surface area contributed by atoms with E-state index in [2.05, 4.69) is 31.0 Å². The first-order valence-electron chi connectivity index (χ1n) is 9.82. The second kappa shape index (κ2) is 10.9. The molecule has 3 rings (SSSR count). The fourth-order valence-corrected chi connectivity index (χ4v) is 3.12. The highest BCUT2D eigenvalue weighted by molar-refractivity contribution is 5.80. The highest BCUT2D eigenvalue weighted by atomic mass is 16.6. The number of nitrogens with zero attached hydrogens (tertiary/aromatic N) is 4. The number of piperidine rings is 1. The third-order valence-corrected chi connectivity index (χ3v) is 4.61. The van der Waals surface area contributed by atoms with Gasteiger partial charge >= 0.3 is 5.69 Å². The Morgan fingerprint density at radius 3 is 2.60 bits per heavy atom. The van der Waals surface area contributed by atoms with Crippen molar-refractivity contribution < 1.29 is 14.5 Å². The van der Waals surface area contributed by atoms with Crippen molar-refractivity contribution in [2.24, 2.45) is 0 Å². The molecule has 1 aromatic heterocycles. The number of para-hydroxylation sites is 1. The molecule has 1 saturated heterocycles. The van der Waals surface area contributed by atoms with E-state index in [1.54, 1.807) is 24.3 Å². The largest absolute Gasteiger partial charge is 0.484 e. The number of likely N-dealkylation sites (tertiary alicyclic amines) is 1. The van der Waals surface area contributed by atoms with E-state index in [1.807, 2.05) is 6.07 Å². The molecule has 0 aliphatic carbocycles. The lowest BCUT2D eigenvalue weighted by molar-refractivity contribution is -0.383. The van der Waals surface area contributed by atoms with Crippen LogP contribution in [-0.2, 0) is 4.79 Å². The second-order valence-electron chi connectivity index (χ2n) is 6.78. The summed E-state index contributed by atoms with van der Waals surface area (Å²) >= 11 is 0. The second-order valence-corrected chi connectivity index (χ2v) is 6.78. The van der Waals surface area contributed by atoms with E-state index >= 15 is 0 Å². The van der Waals surface area contributed by atoms with Crippen LogP contribution in [0.4, 0.5) is 17.3 Å². The molecule has 1 fully saturated rings. The van der Waals surface area contributed by atoms with Gasteiger partial charge in [0.2, 0.25) is 11.6 Å². The Bertz CT molecular complexity index is 844. The highest BCUT2D eigenvalue weighted by Gasteiger charge is 2.23.